The maximum absolute atomic E-state index is 12.7. The number of carbonyl (C=O) groups excluding carboxylic acids is 1. The van der Waals surface area contributed by atoms with Crippen LogP contribution in [0.1, 0.15) is 15.9 Å². The van der Waals surface area contributed by atoms with E-state index in [2.05, 4.69) is 4.98 Å². The van der Waals surface area contributed by atoms with Gasteiger partial charge in [-0.1, -0.05) is 35.9 Å². The molecule has 5 rings (SSSR count). The number of oxazole rings is 1. The Hall–Kier alpha value is -3.11. The van der Waals surface area contributed by atoms with E-state index < -0.39 is 0 Å². The lowest BCUT2D eigenvalue weighted by Gasteiger charge is -2.15. The number of rotatable bonds is 2. The predicted molar refractivity (Wildman–Crippen MR) is 101 cm³/mol. The van der Waals surface area contributed by atoms with Gasteiger partial charge in [-0.15, -0.1) is 0 Å². The molecule has 5 heteroatoms. The molecule has 1 aromatic heterocycles. The zero-order valence-electron chi connectivity index (χ0n) is 13.6. The van der Waals surface area contributed by atoms with Crippen LogP contribution >= 0.6 is 11.6 Å². The fourth-order valence-electron chi connectivity index (χ4n) is 3.29. The molecule has 1 aliphatic rings. The van der Waals surface area contributed by atoms with Gasteiger partial charge in [-0.2, -0.15) is 0 Å². The van der Waals surface area contributed by atoms with Crippen molar-refractivity contribution in [3.8, 4) is 11.5 Å². The minimum Gasteiger partial charge on any atom is -0.436 e. The fraction of sp³-hybridized carbons (Fsp3) is 0.0476. The second-order valence-corrected chi connectivity index (χ2v) is 6.67. The van der Waals surface area contributed by atoms with E-state index >= 15 is 0 Å². The van der Waals surface area contributed by atoms with Crippen molar-refractivity contribution < 1.29 is 9.21 Å². The Morgan fingerprint density at radius 3 is 2.73 bits per heavy atom. The first-order chi connectivity index (χ1) is 12.7. The lowest BCUT2D eigenvalue weighted by molar-refractivity contribution is 0.0996. The molecule has 0 radical (unpaired) electrons. The summed E-state index contributed by atoms with van der Waals surface area (Å²) < 4.78 is 5.84. The van der Waals surface area contributed by atoms with Crippen LogP contribution < -0.4 is 4.90 Å². The molecular weight excluding hydrogens is 348 g/mol. The van der Waals surface area contributed by atoms with E-state index in [-0.39, 0.29) is 5.91 Å². The van der Waals surface area contributed by atoms with Gasteiger partial charge in [-0.05, 0) is 48.0 Å². The number of nitrogens with zero attached hydrogens (tertiary/aromatic N) is 2. The molecule has 0 spiro atoms. The van der Waals surface area contributed by atoms with Crippen molar-refractivity contribution in [3.63, 3.8) is 0 Å². The van der Waals surface area contributed by atoms with Crippen LogP contribution in [0.4, 0.5) is 5.69 Å². The molecule has 0 aliphatic carbocycles. The summed E-state index contributed by atoms with van der Waals surface area (Å²) in [6.07, 6.45) is 0. The summed E-state index contributed by atoms with van der Waals surface area (Å²) in [4.78, 5) is 19.0. The Morgan fingerprint density at radius 1 is 1.00 bits per heavy atom. The van der Waals surface area contributed by atoms with E-state index in [1.165, 1.54) is 0 Å². The van der Waals surface area contributed by atoms with Gasteiger partial charge in [0.2, 0.25) is 5.89 Å². The molecule has 3 aromatic carbocycles. The predicted octanol–water partition coefficient (Wildman–Crippen LogP) is 5.31. The van der Waals surface area contributed by atoms with Crippen LogP contribution in [0.3, 0.4) is 0 Å². The number of amides is 1. The molecule has 4 aromatic rings. The molecule has 0 atom stereocenters. The third-order valence-corrected chi connectivity index (χ3v) is 4.81. The van der Waals surface area contributed by atoms with Crippen LogP contribution in [0.2, 0.25) is 5.02 Å². The monoisotopic (exact) mass is 360 g/mol. The Labute approximate surface area is 154 Å². The van der Waals surface area contributed by atoms with Gasteiger partial charge in [0.1, 0.15) is 5.52 Å². The summed E-state index contributed by atoms with van der Waals surface area (Å²) in [5.41, 5.74) is 4.81. The van der Waals surface area contributed by atoms with Crippen molar-refractivity contribution >= 4 is 34.3 Å². The van der Waals surface area contributed by atoms with Gasteiger partial charge in [-0.3, -0.25) is 4.79 Å². The van der Waals surface area contributed by atoms with Crippen LogP contribution in [-0.2, 0) is 6.54 Å². The van der Waals surface area contributed by atoms with Gasteiger partial charge in [0, 0.05) is 21.8 Å². The minimum absolute atomic E-state index is 0.0125. The maximum Gasteiger partial charge on any atom is 0.258 e. The molecule has 0 N–H and O–H groups in total. The highest BCUT2D eigenvalue weighted by atomic mass is 35.5. The molecule has 0 fully saturated rings. The fourth-order valence-corrected chi connectivity index (χ4v) is 3.48. The highest BCUT2D eigenvalue weighted by Gasteiger charge is 2.28. The normalized spacial score (nSPS) is 13.4. The zero-order chi connectivity index (χ0) is 17.7. The van der Waals surface area contributed by atoms with Crippen molar-refractivity contribution in [2.45, 2.75) is 6.54 Å². The summed E-state index contributed by atoms with van der Waals surface area (Å²) in [5, 5.41) is 0.630. The summed E-state index contributed by atoms with van der Waals surface area (Å²) in [7, 11) is 0. The molecule has 126 valence electrons. The summed E-state index contributed by atoms with van der Waals surface area (Å²) in [6.45, 7) is 0.569. The number of fused-ring (bicyclic) bond motifs is 2. The number of aromatic nitrogens is 1. The quantitative estimate of drug-likeness (QED) is 0.486. The number of halogens is 1. The molecule has 1 aliphatic heterocycles. The van der Waals surface area contributed by atoms with E-state index in [0.717, 1.165) is 22.4 Å². The summed E-state index contributed by atoms with van der Waals surface area (Å²) in [6, 6.07) is 20.7. The van der Waals surface area contributed by atoms with Crippen LogP contribution in [0, 0.1) is 0 Å². The van der Waals surface area contributed by atoms with Gasteiger partial charge < -0.3 is 9.32 Å². The number of benzene rings is 3. The average molecular weight is 361 g/mol. The van der Waals surface area contributed by atoms with Crippen molar-refractivity contribution in [2.24, 2.45) is 0 Å². The Bertz CT molecular complexity index is 1170. The number of hydrogen-bond donors (Lipinski definition) is 0. The highest BCUT2D eigenvalue weighted by molar-refractivity contribution is 6.30. The van der Waals surface area contributed by atoms with Crippen molar-refractivity contribution in [3.05, 3.63) is 82.9 Å². The Kier molecular flexibility index (Phi) is 3.33. The number of carbonyl (C=O) groups is 1. The van der Waals surface area contributed by atoms with E-state index in [9.17, 15) is 4.79 Å². The SMILES string of the molecule is O=C1c2ccccc2CN1c1ccc2oc(-c3cccc(Cl)c3)nc2c1. The molecule has 0 unspecified atom stereocenters. The Morgan fingerprint density at radius 2 is 1.88 bits per heavy atom. The number of anilines is 1. The minimum atomic E-state index is 0.0125. The van der Waals surface area contributed by atoms with Crippen LogP contribution in [0.5, 0.6) is 0 Å². The molecule has 1 amide bonds. The largest absolute Gasteiger partial charge is 0.436 e. The van der Waals surface area contributed by atoms with Gasteiger partial charge >= 0.3 is 0 Å². The van der Waals surface area contributed by atoms with Gasteiger partial charge in [0.05, 0.1) is 6.54 Å². The van der Waals surface area contributed by atoms with Crippen LogP contribution in [0.25, 0.3) is 22.6 Å². The second kappa shape index (κ2) is 5.71. The van der Waals surface area contributed by atoms with E-state index in [1.807, 2.05) is 66.7 Å². The molecule has 0 saturated carbocycles. The molecule has 26 heavy (non-hydrogen) atoms. The standard InChI is InChI=1S/C21H13ClN2O2/c22-15-6-3-5-13(10-15)20-23-18-11-16(8-9-19(18)26-20)24-12-14-4-1-2-7-17(14)21(24)25/h1-11H,12H2. The van der Waals surface area contributed by atoms with Gasteiger partial charge in [-0.25, -0.2) is 4.98 Å². The molecule has 0 saturated heterocycles. The zero-order valence-corrected chi connectivity index (χ0v) is 14.4. The van der Waals surface area contributed by atoms with E-state index in [4.69, 9.17) is 16.0 Å². The van der Waals surface area contributed by atoms with Crippen molar-refractivity contribution in [2.75, 3.05) is 4.90 Å². The van der Waals surface area contributed by atoms with Gasteiger partial charge in [0.15, 0.2) is 5.58 Å². The lowest BCUT2D eigenvalue weighted by Crippen LogP contribution is -2.22. The smallest absolute Gasteiger partial charge is 0.258 e. The summed E-state index contributed by atoms with van der Waals surface area (Å²) in [5.74, 6) is 0.522. The first-order valence-electron chi connectivity index (χ1n) is 8.25. The van der Waals surface area contributed by atoms with Crippen LogP contribution in [0.15, 0.2) is 71.1 Å². The second-order valence-electron chi connectivity index (χ2n) is 6.23. The maximum atomic E-state index is 12.7. The third kappa shape index (κ3) is 2.38. The highest BCUT2D eigenvalue weighted by Crippen LogP contribution is 2.32. The summed E-state index contributed by atoms with van der Waals surface area (Å²) >= 11 is 6.05. The lowest BCUT2D eigenvalue weighted by atomic mass is 10.1. The topological polar surface area (TPSA) is 46.3 Å². The number of hydrogen-bond acceptors (Lipinski definition) is 3. The van der Waals surface area contributed by atoms with Crippen LogP contribution in [-0.4, -0.2) is 10.9 Å². The van der Waals surface area contributed by atoms with E-state index in [0.29, 0.717) is 28.6 Å². The molecular formula is C21H13ClN2O2. The molecule has 2 heterocycles. The first kappa shape index (κ1) is 15.2. The van der Waals surface area contributed by atoms with E-state index in [1.54, 1.807) is 4.90 Å². The van der Waals surface area contributed by atoms with Gasteiger partial charge in [0.25, 0.3) is 5.91 Å². The van der Waals surface area contributed by atoms with Crippen molar-refractivity contribution in [1.29, 1.82) is 0 Å². The van der Waals surface area contributed by atoms with Crippen molar-refractivity contribution in [1.82, 2.24) is 4.98 Å². The Balaban J connectivity index is 1.54. The molecule has 0 bridgehead atoms. The third-order valence-electron chi connectivity index (χ3n) is 4.58. The first-order valence-corrected chi connectivity index (χ1v) is 8.63. The molecule has 4 nitrogen and oxygen atoms in total. The average Bonchev–Trinajstić information content (AvgIpc) is 3.23.